The van der Waals surface area contributed by atoms with Crippen LogP contribution in [-0.2, 0) is 23.6 Å². The summed E-state index contributed by atoms with van der Waals surface area (Å²) in [6.07, 6.45) is 4.51. The average Bonchev–Trinajstić information content (AvgIpc) is 2.79. The highest BCUT2D eigenvalue weighted by atomic mass is 32.2. The minimum atomic E-state index is -3.37. The van der Waals surface area contributed by atoms with Crippen molar-refractivity contribution in [3.05, 3.63) is 29.6 Å². The zero-order valence-corrected chi connectivity index (χ0v) is 13.2. The molecule has 0 fully saturated rings. The molecule has 1 aliphatic heterocycles. The molecule has 0 aliphatic carbocycles. The van der Waals surface area contributed by atoms with Crippen LogP contribution in [0, 0.1) is 0 Å². The number of aryl methyl sites for hydroxylation is 1. The summed E-state index contributed by atoms with van der Waals surface area (Å²) in [5, 5.41) is 3.22. The molecular formula is C14H23N3O2S. The first-order valence-corrected chi connectivity index (χ1v) is 8.41. The Morgan fingerprint density at radius 1 is 1.40 bits per heavy atom. The summed E-state index contributed by atoms with van der Waals surface area (Å²) in [5.74, 6) is 0. The van der Waals surface area contributed by atoms with Gasteiger partial charge >= 0.3 is 0 Å². The van der Waals surface area contributed by atoms with Gasteiger partial charge in [-0.2, -0.15) is 4.31 Å². The Labute approximate surface area is 121 Å². The summed E-state index contributed by atoms with van der Waals surface area (Å²) in [5.41, 5.74) is 2.24. The Morgan fingerprint density at radius 3 is 2.75 bits per heavy atom. The molecule has 0 radical (unpaired) electrons. The number of hydrogen-bond donors (Lipinski definition) is 1. The van der Waals surface area contributed by atoms with E-state index in [2.05, 4.69) is 5.32 Å². The van der Waals surface area contributed by atoms with Gasteiger partial charge in [0.05, 0.1) is 0 Å². The maximum Gasteiger partial charge on any atom is 0.244 e. The van der Waals surface area contributed by atoms with Crippen molar-refractivity contribution in [3.8, 4) is 0 Å². The molecule has 1 aromatic heterocycles. The summed E-state index contributed by atoms with van der Waals surface area (Å²) in [6, 6.07) is 1.77. The van der Waals surface area contributed by atoms with Gasteiger partial charge in [0.2, 0.25) is 10.0 Å². The summed E-state index contributed by atoms with van der Waals surface area (Å²) in [7, 11) is -1.49. The molecule has 0 spiro atoms. The number of aromatic nitrogens is 1. The number of rotatable bonds is 5. The molecule has 0 amide bonds. The molecule has 0 unspecified atom stereocenters. The van der Waals surface area contributed by atoms with Crippen LogP contribution in [0.5, 0.6) is 0 Å². The Hall–Kier alpha value is -1.11. The third-order valence-electron chi connectivity index (χ3n) is 3.68. The van der Waals surface area contributed by atoms with E-state index in [1.165, 1.54) is 5.57 Å². The minimum absolute atomic E-state index is 0.390. The fourth-order valence-electron chi connectivity index (χ4n) is 2.27. The molecule has 112 valence electrons. The van der Waals surface area contributed by atoms with Crippen molar-refractivity contribution < 1.29 is 8.42 Å². The van der Waals surface area contributed by atoms with Crippen LogP contribution in [0.15, 0.2) is 28.8 Å². The lowest BCUT2D eigenvalue weighted by atomic mass is 10.1. The van der Waals surface area contributed by atoms with Crippen molar-refractivity contribution in [2.75, 3.05) is 19.6 Å². The smallest absolute Gasteiger partial charge is 0.244 e. The van der Waals surface area contributed by atoms with Crippen molar-refractivity contribution in [2.24, 2.45) is 7.05 Å². The standard InChI is InChI=1S/C14H23N3O2S/c1-4-15-10-13-9-14(11-16(13)3)20(18,19)17-7-5-12(2)6-8-17/h5,9,11,15H,4,6-8,10H2,1-3H3. The van der Waals surface area contributed by atoms with Crippen LogP contribution in [0.4, 0.5) is 0 Å². The monoisotopic (exact) mass is 297 g/mol. The molecular weight excluding hydrogens is 274 g/mol. The van der Waals surface area contributed by atoms with E-state index in [1.807, 2.05) is 31.5 Å². The topological polar surface area (TPSA) is 54.3 Å². The van der Waals surface area contributed by atoms with Crippen LogP contribution in [0.3, 0.4) is 0 Å². The number of nitrogens with one attached hydrogen (secondary N) is 1. The summed E-state index contributed by atoms with van der Waals surface area (Å²) in [4.78, 5) is 0.390. The molecule has 0 saturated carbocycles. The zero-order chi connectivity index (χ0) is 14.8. The minimum Gasteiger partial charge on any atom is -0.352 e. The molecule has 0 saturated heterocycles. The molecule has 1 aliphatic rings. The van der Waals surface area contributed by atoms with Gasteiger partial charge in [0.25, 0.3) is 0 Å². The first kappa shape index (κ1) is 15.3. The third-order valence-corrected chi connectivity index (χ3v) is 5.51. The molecule has 1 N–H and O–H groups in total. The predicted molar refractivity (Wildman–Crippen MR) is 79.9 cm³/mol. The van der Waals surface area contributed by atoms with E-state index in [-0.39, 0.29) is 0 Å². The second-order valence-electron chi connectivity index (χ2n) is 5.22. The van der Waals surface area contributed by atoms with E-state index in [1.54, 1.807) is 16.6 Å². The van der Waals surface area contributed by atoms with Gasteiger partial charge in [-0.25, -0.2) is 8.42 Å². The molecule has 2 rings (SSSR count). The van der Waals surface area contributed by atoms with Crippen LogP contribution >= 0.6 is 0 Å². The molecule has 2 heterocycles. The molecule has 5 nitrogen and oxygen atoms in total. The van der Waals surface area contributed by atoms with Crippen molar-refractivity contribution in [2.45, 2.75) is 31.7 Å². The van der Waals surface area contributed by atoms with Gasteiger partial charge in [-0.05, 0) is 26.0 Å². The van der Waals surface area contributed by atoms with E-state index in [0.717, 1.165) is 18.7 Å². The van der Waals surface area contributed by atoms with E-state index in [9.17, 15) is 8.42 Å². The van der Waals surface area contributed by atoms with Crippen LogP contribution < -0.4 is 5.32 Å². The molecule has 1 aromatic rings. The average molecular weight is 297 g/mol. The van der Waals surface area contributed by atoms with Crippen LogP contribution in [0.25, 0.3) is 0 Å². The molecule has 0 bridgehead atoms. The highest BCUT2D eigenvalue weighted by molar-refractivity contribution is 7.89. The molecule has 0 atom stereocenters. The van der Waals surface area contributed by atoms with E-state index in [0.29, 0.717) is 24.5 Å². The lowest BCUT2D eigenvalue weighted by molar-refractivity contribution is 0.431. The van der Waals surface area contributed by atoms with Gasteiger partial charge in [-0.3, -0.25) is 0 Å². The lowest BCUT2D eigenvalue weighted by Crippen LogP contribution is -2.34. The molecule has 6 heteroatoms. The van der Waals surface area contributed by atoms with Gasteiger partial charge in [-0.1, -0.05) is 18.6 Å². The SMILES string of the molecule is CCNCc1cc(S(=O)(=O)N2CC=C(C)CC2)cn1C. The van der Waals surface area contributed by atoms with Crippen LogP contribution in [0.2, 0.25) is 0 Å². The van der Waals surface area contributed by atoms with Gasteiger partial charge in [0, 0.05) is 38.6 Å². The Morgan fingerprint density at radius 2 is 2.15 bits per heavy atom. The maximum absolute atomic E-state index is 12.6. The first-order chi connectivity index (χ1) is 9.45. The number of hydrogen-bond acceptors (Lipinski definition) is 3. The van der Waals surface area contributed by atoms with Crippen LogP contribution in [-0.4, -0.2) is 36.9 Å². The van der Waals surface area contributed by atoms with Gasteiger partial charge in [0.1, 0.15) is 4.90 Å². The quantitative estimate of drug-likeness (QED) is 0.838. The first-order valence-electron chi connectivity index (χ1n) is 6.97. The largest absolute Gasteiger partial charge is 0.352 e. The predicted octanol–water partition coefficient (Wildman–Crippen LogP) is 1.48. The number of nitrogens with zero attached hydrogens (tertiary/aromatic N) is 2. The highest BCUT2D eigenvalue weighted by Crippen LogP contribution is 2.22. The summed E-state index contributed by atoms with van der Waals surface area (Å²) < 4.78 is 28.6. The Balaban J connectivity index is 2.22. The Kier molecular flexibility index (Phi) is 4.67. The van der Waals surface area contributed by atoms with Gasteiger partial charge < -0.3 is 9.88 Å². The fraction of sp³-hybridized carbons (Fsp3) is 0.571. The Bertz CT molecular complexity index is 602. The highest BCUT2D eigenvalue weighted by Gasteiger charge is 2.26. The van der Waals surface area contributed by atoms with E-state index < -0.39 is 10.0 Å². The van der Waals surface area contributed by atoms with Crippen molar-refractivity contribution >= 4 is 10.0 Å². The maximum atomic E-state index is 12.6. The van der Waals surface area contributed by atoms with Gasteiger partial charge in [0.15, 0.2) is 0 Å². The molecule has 20 heavy (non-hydrogen) atoms. The third kappa shape index (κ3) is 3.13. The zero-order valence-electron chi connectivity index (χ0n) is 12.4. The second kappa shape index (κ2) is 6.11. The number of sulfonamides is 1. The van der Waals surface area contributed by atoms with E-state index >= 15 is 0 Å². The van der Waals surface area contributed by atoms with Crippen molar-refractivity contribution in [3.63, 3.8) is 0 Å². The normalized spacial score (nSPS) is 17.2. The second-order valence-corrected chi connectivity index (χ2v) is 7.16. The van der Waals surface area contributed by atoms with Crippen LogP contribution in [0.1, 0.15) is 26.0 Å². The molecule has 0 aromatic carbocycles. The lowest BCUT2D eigenvalue weighted by Gasteiger charge is -2.24. The van der Waals surface area contributed by atoms with Crippen molar-refractivity contribution in [1.29, 1.82) is 0 Å². The van der Waals surface area contributed by atoms with Crippen molar-refractivity contribution in [1.82, 2.24) is 14.2 Å². The summed E-state index contributed by atoms with van der Waals surface area (Å²) >= 11 is 0. The fourth-order valence-corrected chi connectivity index (χ4v) is 3.74. The summed E-state index contributed by atoms with van der Waals surface area (Å²) in [6.45, 7) is 6.67. The van der Waals surface area contributed by atoms with E-state index in [4.69, 9.17) is 0 Å². The van der Waals surface area contributed by atoms with Gasteiger partial charge in [-0.15, -0.1) is 0 Å².